The van der Waals surface area contributed by atoms with Crippen molar-refractivity contribution in [2.75, 3.05) is 42.0 Å². The lowest BCUT2D eigenvalue weighted by Gasteiger charge is -2.19. The van der Waals surface area contributed by atoms with Crippen molar-refractivity contribution in [3.05, 3.63) is 52.9 Å². The molecule has 4 amide bonds. The molecule has 0 aliphatic rings. The Balaban J connectivity index is 1.92. The van der Waals surface area contributed by atoms with Gasteiger partial charge >= 0.3 is 18.1 Å². The standard InChI is InChI=1S/C38H51N5O10S4/c1-8-52-32(45)17-10-9-11-20-40-36(46)41-28-19-18-27(33(24(28)2)42-31(44)16-13-21-56(7,48)49)25-14-12-15-26(22-25)57(50,51)30-23-29(55-35(30)54-6)34(39)43-37(47)53-38(3,4)5/h12,14-15,18-19,22-23H,8-11,13,16-17,20-21H2,1-7H3,(H,42,44)(H2,39,43,47)(H2,40,41,46). The van der Waals surface area contributed by atoms with Gasteiger partial charge in [0.1, 0.15) is 21.3 Å². The molecule has 312 valence electrons. The average Bonchev–Trinajstić information content (AvgIpc) is 3.56. The third-order valence-corrected chi connectivity index (χ3v) is 13.4. The monoisotopic (exact) mass is 865 g/mol. The molecule has 3 aromatic rings. The summed E-state index contributed by atoms with van der Waals surface area (Å²) in [7, 11) is -7.49. The Morgan fingerprint density at radius 1 is 0.930 bits per heavy atom. The highest BCUT2D eigenvalue weighted by Crippen LogP contribution is 2.40. The van der Waals surface area contributed by atoms with E-state index in [1.807, 2.05) is 0 Å². The van der Waals surface area contributed by atoms with Gasteiger partial charge in [-0.15, -0.1) is 23.1 Å². The van der Waals surface area contributed by atoms with Gasteiger partial charge in [-0.2, -0.15) is 0 Å². The summed E-state index contributed by atoms with van der Waals surface area (Å²) in [5.74, 6) is -1.24. The summed E-state index contributed by atoms with van der Waals surface area (Å²) >= 11 is 2.21. The van der Waals surface area contributed by atoms with Crippen molar-refractivity contribution in [1.82, 2.24) is 10.6 Å². The molecule has 0 fully saturated rings. The van der Waals surface area contributed by atoms with Gasteiger partial charge in [0.2, 0.25) is 15.7 Å². The fourth-order valence-electron chi connectivity index (χ4n) is 5.35. The van der Waals surface area contributed by atoms with Crippen LogP contribution in [0.15, 0.2) is 56.5 Å². The molecule has 0 aliphatic carbocycles. The van der Waals surface area contributed by atoms with Crippen molar-refractivity contribution in [1.29, 1.82) is 5.41 Å². The number of unbranched alkanes of at least 4 members (excludes halogenated alkanes) is 2. The van der Waals surface area contributed by atoms with Gasteiger partial charge in [0, 0.05) is 36.9 Å². The maximum atomic E-state index is 14.2. The number of nitrogens with one attached hydrogen (secondary N) is 5. The number of carbonyl (C=O) groups excluding carboxylic acids is 4. The van der Waals surface area contributed by atoms with Crippen molar-refractivity contribution < 1.29 is 45.5 Å². The fourth-order valence-corrected chi connectivity index (χ4v) is 9.97. The molecule has 15 nitrogen and oxygen atoms in total. The number of thioether (sulfide) groups is 1. The molecule has 1 heterocycles. The zero-order valence-corrected chi connectivity index (χ0v) is 36.4. The van der Waals surface area contributed by atoms with Crippen molar-refractivity contribution in [3.8, 4) is 11.1 Å². The number of urea groups is 1. The van der Waals surface area contributed by atoms with Crippen LogP contribution in [0.1, 0.15) is 76.7 Å². The molecule has 1 aromatic heterocycles. The Morgan fingerprint density at radius 3 is 2.30 bits per heavy atom. The Bertz CT molecular complexity index is 2180. The lowest BCUT2D eigenvalue weighted by molar-refractivity contribution is -0.143. The van der Waals surface area contributed by atoms with E-state index >= 15 is 0 Å². The van der Waals surface area contributed by atoms with Crippen LogP contribution in [0, 0.1) is 12.3 Å². The number of sulfone groups is 2. The molecule has 3 rings (SSSR count). The van der Waals surface area contributed by atoms with Crippen molar-refractivity contribution in [2.24, 2.45) is 0 Å². The minimum atomic E-state index is -4.18. The summed E-state index contributed by atoms with van der Waals surface area (Å²) < 4.78 is 62.3. The van der Waals surface area contributed by atoms with Gasteiger partial charge in [0.25, 0.3) is 0 Å². The summed E-state index contributed by atoms with van der Waals surface area (Å²) in [6, 6.07) is 10.2. The van der Waals surface area contributed by atoms with Crippen LogP contribution in [0.3, 0.4) is 0 Å². The van der Waals surface area contributed by atoms with Crippen molar-refractivity contribution >= 4 is 84.0 Å². The molecule has 2 aromatic carbocycles. The molecule has 5 N–H and O–H groups in total. The molecule has 0 spiro atoms. The van der Waals surface area contributed by atoms with E-state index in [9.17, 15) is 36.0 Å². The number of benzene rings is 2. The lowest BCUT2D eigenvalue weighted by atomic mass is 9.99. The molecule has 0 saturated heterocycles. The predicted octanol–water partition coefficient (Wildman–Crippen LogP) is 7.14. The highest BCUT2D eigenvalue weighted by molar-refractivity contribution is 8.01. The number of ether oxygens (including phenoxy) is 2. The predicted molar refractivity (Wildman–Crippen MR) is 224 cm³/mol. The number of hydrogen-bond acceptors (Lipinski definition) is 13. The van der Waals surface area contributed by atoms with Gasteiger partial charge < -0.3 is 25.4 Å². The molecule has 0 bridgehead atoms. The van der Waals surface area contributed by atoms with Crippen LogP contribution < -0.4 is 21.3 Å². The summed E-state index contributed by atoms with van der Waals surface area (Å²) in [4.78, 5) is 50.0. The second kappa shape index (κ2) is 20.8. The van der Waals surface area contributed by atoms with Gasteiger partial charge in [0.15, 0.2) is 0 Å². The largest absolute Gasteiger partial charge is 0.466 e. The van der Waals surface area contributed by atoms with Crippen LogP contribution in [-0.4, -0.2) is 83.7 Å². The molecule has 0 unspecified atom stereocenters. The summed E-state index contributed by atoms with van der Waals surface area (Å²) in [5, 5.41) is 19.2. The number of esters is 1. The van der Waals surface area contributed by atoms with E-state index in [1.54, 1.807) is 65.1 Å². The first-order valence-corrected chi connectivity index (χ1v) is 23.7. The fraction of sp³-hybridized carbons (Fsp3) is 0.447. The third kappa shape index (κ3) is 14.8. The summed E-state index contributed by atoms with van der Waals surface area (Å²) in [5.41, 5.74) is 1.17. The molecule has 0 aliphatic heterocycles. The smallest absolute Gasteiger partial charge is 0.413 e. The van der Waals surface area contributed by atoms with Crippen molar-refractivity contribution in [2.45, 2.75) is 92.7 Å². The maximum Gasteiger partial charge on any atom is 0.413 e. The van der Waals surface area contributed by atoms with Gasteiger partial charge in [-0.05, 0) is 95.5 Å². The molecule has 0 atom stereocenters. The maximum absolute atomic E-state index is 14.2. The molecule has 19 heteroatoms. The Hall–Kier alpha value is -4.46. The first-order valence-electron chi connectivity index (χ1n) is 18.1. The average molecular weight is 866 g/mol. The van der Waals surface area contributed by atoms with E-state index < -0.39 is 43.3 Å². The summed E-state index contributed by atoms with van der Waals surface area (Å²) in [6.45, 7) is 9.14. The molecule has 0 radical (unpaired) electrons. The highest BCUT2D eigenvalue weighted by Gasteiger charge is 2.27. The van der Waals surface area contributed by atoms with Gasteiger partial charge in [-0.1, -0.05) is 24.6 Å². The van der Waals surface area contributed by atoms with E-state index in [0.717, 1.165) is 17.6 Å². The number of thiophene rings is 1. The third-order valence-electron chi connectivity index (χ3n) is 8.01. The molecular weight excluding hydrogens is 815 g/mol. The van der Waals surface area contributed by atoms with Crippen LogP contribution in [-0.2, 0) is 38.7 Å². The van der Waals surface area contributed by atoms with Gasteiger partial charge in [-0.25, -0.2) is 26.4 Å². The Morgan fingerprint density at radius 2 is 1.65 bits per heavy atom. The topological polar surface area (TPSA) is 227 Å². The number of alkyl carbamates (subject to hydrolysis) is 1. The zero-order valence-electron chi connectivity index (χ0n) is 33.1. The van der Waals surface area contributed by atoms with Crippen LogP contribution in [0.4, 0.5) is 21.0 Å². The van der Waals surface area contributed by atoms with E-state index in [2.05, 4.69) is 21.3 Å². The Kier molecular flexibility index (Phi) is 17.1. The zero-order chi connectivity index (χ0) is 42.6. The molecular formula is C38H51N5O10S4. The first-order chi connectivity index (χ1) is 26.6. The van der Waals surface area contributed by atoms with Gasteiger partial charge in [-0.3, -0.25) is 20.3 Å². The number of hydrogen-bond donors (Lipinski definition) is 5. The van der Waals surface area contributed by atoms with Gasteiger partial charge in [0.05, 0.1) is 36.9 Å². The second-order valence-electron chi connectivity index (χ2n) is 13.9. The number of rotatable bonds is 18. The molecule has 0 saturated carbocycles. The first kappa shape index (κ1) is 46.9. The summed E-state index contributed by atoms with van der Waals surface area (Å²) in [6.07, 6.45) is 4.19. The number of amidine groups is 1. The van der Waals surface area contributed by atoms with E-state index in [0.29, 0.717) is 65.4 Å². The lowest BCUT2D eigenvalue weighted by Crippen LogP contribution is -2.36. The highest BCUT2D eigenvalue weighted by atomic mass is 32.2. The van der Waals surface area contributed by atoms with Crippen LogP contribution >= 0.6 is 23.1 Å². The quantitative estimate of drug-likeness (QED) is 0.0284. The number of carbonyl (C=O) groups is 4. The minimum absolute atomic E-state index is 0.0527. The normalized spacial score (nSPS) is 11.7. The van der Waals surface area contributed by atoms with Crippen LogP contribution in [0.5, 0.6) is 0 Å². The molecule has 57 heavy (non-hydrogen) atoms. The second-order valence-corrected chi connectivity index (χ2v) is 20.2. The SMILES string of the molecule is CCOC(=O)CCCCCNC(=O)Nc1ccc(-c2cccc(S(=O)(=O)c3cc(C(=N)NC(=O)OC(C)(C)C)sc3SC)c2)c(NC(=O)CCCS(C)(=O)=O)c1C. The van der Waals surface area contributed by atoms with E-state index in [-0.39, 0.29) is 50.8 Å². The van der Waals surface area contributed by atoms with Crippen LogP contribution in [0.2, 0.25) is 0 Å². The van der Waals surface area contributed by atoms with Crippen LogP contribution in [0.25, 0.3) is 11.1 Å². The number of anilines is 2. The number of amides is 4. The van der Waals surface area contributed by atoms with Crippen molar-refractivity contribution in [3.63, 3.8) is 0 Å². The van der Waals surface area contributed by atoms with E-state index in [4.69, 9.17) is 14.9 Å². The van der Waals surface area contributed by atoms with E-state index in [1.165, 1.54) is 30.0 Å². The minimum Gasteiger partial charge on any atom is -0.466 e. The Labute approximate surface area is 342 Å².